The fourth-order valence-corrected chi connectivity index (χ4v) is 20.7. The summed E-state index contributed by atoms with van der Waals surface area (Å²) >= 11 is 0. The number of nitrogens with zero attached hydrogens (tertiary/aromatic N) is 4. The third kappa shape index (κ3) is 4.95. The predicted octanol–water partition coefficient (Wildman–Crippen LogP) is 16.3. The minimum atomic E-state index is 0.255. The van der Waals surface area contributed by atoms with Gasteiger partial charge in [0.1, 0.15) is 0 Å². The summed E-state index contributed by atoms with van der Waals surface area (Å²) in [5, 5.41) is 12.0. The van der Waals surface area contributed by atoms with Gasteiger partial charge in [-0.15, -0.1) is 0 Å². The average molecular weight is 895 g/mol. The molecule has 68 heavy (non-hydrogen) atoms. The molecule has 9 aromatic rings. The van der Waals surface area contributed by atoms with Crippen LogP contribution in [0.3, 0.4) is 0 Å². The van der Waals surface area contributed by atoms with E-state index >= 15 is 0 Å². The number of hydrogen-bond acceptors (Lipinski definition) is 2. The van der Waals surface area contributed by atoms with E-state index in [0.29, 0.717) is 10.8 Å². The third-order valence-corrected chi connectivity index (χ3v) is 22.4. The van der Waals surface area contributed by atoms with E-state index in [1.54, 1.807) is 33.0 Å². The van der Waals surface area contributed by atoms with Gasteiger partial charge in [0.15, 0.2) is 0 Å². The lowest BCUT2D eigenvalue weighted by Gasteiger charge is -2.50. The topological polar surface area (TPSA) is 34.6 Å². The molecule has 4 bridgehead atoms. The Labute approximate surface area is 401 Å². The van der Waals surface area contributed by atoms with Crippen molar-refractivity contribution >= 4 is 76.2 Å². The Hall–Kier alpha value is -4.44. The van der Waals surface area contributed by atoms with Crippen LogP contribution in [-0.4, -0.2) is 18.8 Å². The van der Waals surface area contributed by atoms with Gasteiger partial charge in [-0.05, 0) is 231 Å². The van der Waals surface area contributed by atoms with E-state index in [1.807, 2.05) is 0 Å². The molecule has 6 fully saturated rings. The predicted molar refractivity (Wildman–Crippen MR) is 281 cm³/mol. The summed E-state index contributed by atoms with van der Waals surface area (Å²) in [6.45, 7) is 10.3. The first-order valence-corrected chi connectivity index (χ1v) is 28.2. The van der Waals surface area contributed by atoms with E-state index in [4.69, 9.17) is 9.97 Å². The van der Waals surface area contributed by atoms with E-state index in [1.165, 1.54) is 218 Å². The maximum absolute atomic E-state index is 5.48. The van der Waals surface area contributed by atoms with Crippen molar-refractivity contribution in [3.8, 4) is 0 Å². The molecular formula is C64H70N4. The van der Waals surface area contributed by atoms with Crippen molar-refractivity contribution in [3.63, 3.8) is 0 Å². The summed E-state index contributed by atoms with van der Waals surface area (Å²) in [5.41, 5.74) is 19.1. The first-order chi connectivity index (χ1) is 33.1. The number of rotatable bonds is 2. The lowest BCUT2D eigenvalue weighted by Crippen LogP contribution is -2.42. The fraction of sp³-hybridized carbons (Fsp3) is 0.562. The summed E-state index contributed by atoms with van der Waals surface area (Å²) in [5.74, 6) is 4.83. The van der Waals surface area contributed by atoms with Crippen LogP contribution in [0.2, 0.25) is 0 Å². The van der Waals surface area contributed by atoms with Crippen molar-refractivity contribution in [1.82, 2.24) is 18.8 Å². The van der Waals surface area contributed by atoms with Crippen LogP contribution >= 0.6 is 0 Å². The van der Waals surface area contributed by atoms with E-state index in [9.17, 15) is 0 Å². The van der Waals surface area contributed by atoms with Crippen LogP contribution in [0.5, 0.6) is 0 Å². The molecule has 346 valence electrons. The lowest BCUT2D eigenvalue weighted by molar-refractivity contribution is 0.0780. The Morgan fingerprint density at radius 1 is 0.426 bits per heavy atom. The van der Waals surface area contributed by atoms with Crippen LogP contribution in [0, 0.1) is 46.3 Å². The highest BCUT2D eigenvalue weighted by Crippen LogP contribution is 2.60. The summed E-state index contributed by atoms with van der Waals surface area (Å²) in [4.78, 5) is 11.0. The molecule has 8 aliphatic rings. The minimum absolute atomic E-state index is 0.255. The maximum Gasteiger partial charge on any atom is 0.0727 e. The standard InChI is InChI=1S/C64H70N4/c1-35-13-39-14-36(2)24-63(23-35,27-39)41-17-45-43-21-54-44(22-53(43)67-55-33-65-51-31-61(9-5-6-10-61)29-49(51)57(55)47(19-41)59(45)67)46-18-42(64-25-37(3)15-40(28-64)16-38(4)26-64)20-48-58-50-30-62(11-7-8-12-62)32-52(50)66-34-56(58)68(54)60(46)48/h17-22,33-40H,5-16,23-32H2,1-4H3. The quantitative estimate of drug-likeness (QED) is 0.173. The molecule has 6 saturated carbocycles. The molecular weight excluding hydrogens is 825 g/mol. The second-order valence-electron chi connectivity index (χ2n) is 27.3. The largest absolute Gasteiger partial charge is 0.306 e. The Bertz CT molecular complexity index is 3380. The van der Waals surface area contributed by atoms with Gasteiger partial charge >= 0.3 is 0 Å². The third-order valence-electron chi connectivity index (χ3n) is 22.4. The fourth-order valence-electron chi connectivity index (χ4n) is 20.7. The highest BCUT2D eigenvalue weighted by Gasteiger charge is 2.49. The second kappa shape index (κ2) is 12.9. The van der Waals surface area contributed by atoms with E-state index in [2.05, 4.69) is 85.3 Å². The van der Waals surface area contributed by atoms with Gasteiger partial charge in [-0.25, -0.2) is 0 Å². The lowest BCUT2D eigenvalue weighted by atomic mass is 9.54. The molecule has 0 saturated heterocycles. The number of hydrogen-bond donors (Lipinski definition) is 0. The normalized spacial score (nSPS) is 32.9. The molecule has 8 aliphatic carbocycles. The first kappa shape index (κ1) is 39.3. The zero-order chi connectivity index (χ0) is 44.8. The van der Waals surface area contributed by atoms with Crippen molar-refractivity contribution in [2.75, 3.05) is 0 Å². The SMILES string of the molecule is CC1CC2CC(C)CC(c3cc4c5cc6c(cc5n5c7cnc8c(c7c(c3)c45)CC3(CCCC3)C8)c3cc(C45CC(C)CC(CC(C)C4)C5)cc4c5c7c(ncc5n6c34)CC3(CCCC3)C7)(C1)C2. The molecule has 6 aromatic heterocycles. The van der Waals surface area contributed by atoms with E-state index in [-0.39, 0.29) is 10.8 Å². The Morgan fingerprint density at radius 3 is 1.21 bits per heavy atom. The van der Waals surface area contributed by atoms with Crippen molar-refractivity contribution in [2.24, 2.45) is 46.3 Å². The van der Waals surface area contributed by atoms with Crippen LogP contribution in [-0.2, 0) is 36.5 Å². The number of pyridine rings is 2. The zero-order valence-electron chi connectivity index (χ0n) is 41.4. The number of benzene rings is 3. The molecule has 6 heterocycles. The van der Waals surface area contributed by atoms with E-state index < -0.39 is 0 Å². The monoisotopic (exact) mass is 895 g/mol. The van der Waals surface area contributed by atoms with Gasteiger partial charge in [0, 0.05) is 54.5 Å². The van der Waals surface area contributed by atoms with Crippen LogP contribution in [0.15, 0.2) is 48.8 Å². The van der Waals surface area contributed by atoms with Gasteiger partial charge in [-0.1, -0.05) is 53.4 Å². The van der Waals surface area contributed by atoms with Gasteiger partial charge in [0.2, 0.25) is 0 Å². The molecule has 17 rings (SSSR count). The van der Waals surface area contributed by atoms with E-state index in [0.717, 1.165) is 35.5 Å². The average Bonchev–Trinajstić information content (AvgIpc) is 4.18. The summed E-state index contributed by atoms with van der Waals surface area (Å²) < 4.78 is 5.47. The van der Waals surface area contributed by atoms with Crippen LogP contribution in [0.1, 0.15) is 177 Å². The van der Waals surface area contributed by atoms with Crippen molar-refractivity contribution in [2.45, 2.75) is 180 Å². The summed E-state index contributed by atoms with van der Waals surface area (Å²) in [6, 6.07) is 16.5. The second-order valence-corrected chi connectivity index (χ2v) is 27.3. The molecule has 0 N–H and O–H groups in total. The van der Waals surface area contributed by atoms with Crippen molar-refractivity contribution < 1.29 is 0 Å². The number of aromatic nitrogens is 4. The molecule has 3 aromatic carbocycles. The van der Waals surface area contributed by atoms with Crippen LogP contribution in [0.25, 0.3) is 76.2 Å². The maximum atomic E-state index is 5.48. The molecule has 0 radical (unpaired) electrons. The number of fused-ring (bicyclic) bond motifs is 20. The van der Waals surface area contributed by atoms with Crippen LogP contribution in [0.4, 0.5) is 0 Å². The summed E-state index contributed by atoms with van der Waals surface area (Å²) in [7, 11) is 0. The molecule has 0 aliphatic heterocycles. The molecule has 2 spiro atoms. The van der Waals surface area contributed by atoms with Gasteiger partial charge < -0.3 is 8.80 Å². The Kier molecular flexibility index (Phi) is 7.46. The molecule has 4 atom stereocenters. The molecule has 4 nitrogen and oxygen atoms in total. The highest BCUT2D eigenvalue weighted by molar-refractivity contribution is 6.29. The molecule has 4 unspecified atom stereocenters. The summed E-state index contributed by atoms with van der Waals surface area (Å²) in [6.07, 6.45) is 34.2. The van der Waals surface area contributed by atoms with Crippen molar-refractivity contribution in [3.05, 3.63) is 82.4 Å². The highest BCUT2D eigenvalue weighted by atomic mass is 15.0. The van der Waals surface area contributed by atoms with Gasteiger partial charge in [0.05, 0.1) is 45.5 Å². The molecule has 0 amide bonds. The van der Waals surface area contributed by atoms with Crippen LogP contribution < -0.4 is 0 Å². The van der Waals surface area contributed by atoms with Gasteiger partial charge in [-0.2, -0.15) is 0 Å². The Balaban J connectivity index is 0.990. The zero-order valence-corrected chi connectivity index (χ0v) is 41.4. The smallest absolute Gasteiger partial charge is 0.0727 e. The van der Waals surface area contributed by atoms with Crippen molar-refractivity contribution in [1.29, 1.82) is 0 Å². The van der Waals surface area contributed by atoms with Gasteiger partial charge in [-0.3, -0.25) is 9.97 Å². The molecule has 4 heteroatoms. The first-order valence-electron chi connectivity index (χ1n) is 28.2. The Morgan fingerprint density at radius 2 is 0.809 bits per heavy atom. The van der Waals surface area contributed by atoms with Gasteiger partial charge in [0.25, 0.3) is 0 Å². The minimum Gasteiger partial charge on any atom is -0.306 e.